The van der Waals surface area contributed by atoms with Gasteiger partial charge in [-0.05, 0) is 18.6 Å². The Labute approximate surface area is 92.9 Å². The van der Waals surface area contributed by atoms with Gasteiger partial charge in [0.25, 0.3) is 0 Å². The molecule has 5 heteroatoms. The molecule has 0 saturated heterocycles. The number of pyridine rings is 1. The highest BCUT2D eigenvalue weighted by atomic mass is 19.1. The van der Waals surface area contributed by atoms with E-state index in [0.29, 0.717) is 5.82 Å². The third-order valence-corrected chi connectivity index (χ3v) is 2.17. The van der Waals surface area contributed by atoms with Crippen LogP contribution in [0.4, 0.5) is 10.2 Å². The number of nitrogens with zero attached hydrogens (tertiary/aromatic N) is 2. The number of hydrogen-bond acceptors (Lipinski definition) is 3. The van der Waals surface area contributed by atoms with Crippen molar-refractivity contribution in [1.29, 1.82) is 0 Å². The van der Waals surface area contributed by atoms with Crippen molar-refractivity contribution in [1.82, 2.24) is 15.0 Å². The molecule has 2 N–H and O–H groups in total. The topological polar surface area (TPSA) is 53.6 Å². The van der Waals surface area contributed by atoms with E-state index in [1.807, 2.05) is 0 Å². The molecule has 2 aromatic rings. The van der Waals surface area contributed by atoms with Gasteiger partial charge in [0.1, 0.15) is 11.6 Å². The number of anilines is 1. The van der Waals surface area contributed by atoms with Crippen molar-refractivity contribution in [3.63, 3.8) is 0 Å². The average Bonchev–Trinajstić information content (AvgIpc) is 2.77. The van der Waals surface area contributed by atoms with Crippen LogP contribution in [0, 0.1) is 5.95 Å². The number of aromatic amines is 1. The second kappa shape index (κ2) is 5.25. The Kier molecular flexibility index (Phi) is 3.48. The van der Waals surface area contributed by atoms with Crippen LogP contribution in [0.15, 0.2) is 30.6 Å². The molecule has 0 amide bonds. The lowest BCUT2D eigenvalue weighted by Crippen LogP contribution is -2.05. The molecule has 0 aliphatic rings. The number of hydrogen-bond donors (Lipinski definition) is 2. The van der Waals surface area contributed by atoms with E-state index >= 15 is 0 Å². The second-order valence-electron chi connectivity index (χ2n) is 3.41. The van der Waals surface area contributed by atoms with Gasteiger partial charge in [-0.3, -0.25) is 0 Å². The summed E-state index contributed by atoms with van der Waals surface area (Å²) in [6.45, 7) is 0.747. The Bertz CT molecular complexity index is 427. The van der Waals surface area contributed by atoms with E-state index in [1.165, 1.54) is 6.07 Å². The molecule has 2 heterocycles. The van der Waals surface area contributed by atoms with E-state index in [1.54, 1.807) is 24.5 Å². The van der Waals surface area contributed by atoms with Gasteiger partial charge in [-0.25, -0.2) is 9.97 Å². The van der Waals surface area contributed by atoms with Crippen molar-refractivity contribution < 1.29 is 4.39 Å². The standard InChI is InChI=1S/C11H13FN4/c12-9-3-1-4-11(16-9)13-6-2-5-10-14-7-8-15-10/h1,3-4,7-8H,2,5-6H2,(H,13,16)(H,14,15). The van der Waals surface area contributed by atoms with Crippen LogP contribution in [-0.2, 0) is 6.42 Å². The smallest absolute Gasteiger partial charge is 0.214 e. The Morgan fingerprint density at radius 3 is 3.06 bits per heavy atom. The summed E-state index contributed by atoms with van der Waals surface area (Å²) in [6, 6.07) is 4.71. The Hall–Kier alpha value is -1.91. The fraction of sp³-hybridized carbons (Fsp3) is 0.273. The second-order valence-corrected chi connectivity index (χ2v) is 3.41. The van der Waals surface area contributed by atoms with E-state index in [-0.39, 0.29) is 0 Å². The summed E-state index contributed by atoms with van der Waals surface area (Å²) < 4.78 is 12.7. The molecule has 16 heavy (non-hydrogen) atoms. The van der Waals surface area contributed by atoms with E-state index in [4.69, 9.17) is 0 Å². The quantitative estimate of drug-likeness (QED) is 0.598. The third kappa shape index (κ3) is 3.05. The van der Waals surface area contributed by atoms with Crippen LogP contribution in [0.1, 0.15) is 12.2 Å². The lowest BCUT2D eigenvalue weighted by Gasteiger charge is -2.04. The first-order valence-electron chi connectivity index (χ1n) is 5.19. The molecule has 0 unspecified atom stereocenters. The molecule has 84 valence electrons. The first-order chi connectivity index (χ1) is 7.84. The van der Waals surface area contributed by atoms with E-state index < -0.39 is 5.95 Å². The monoisotopic (exact) mass is 220 g/mol. The zero-order valence-electron chi connectivity index (χ0n) is 8.78. The highest BCUT2D eigenvalue weighted by Gasteiger charge is 1.97. The first kappa shape index (κ1) is 10.6. The molecule has 2 aromatic heterocycles. The van der Waals surface area contributed by atoms with Gasteiger partial charge in [0.15, 0.2) is 0 Å². The Morgan fingerprint density at radius 1 is 1.38 bits per heavy atom. The van der Waals surface area contributed by atoms with Gasteiger partial charge in [-0.1, -0.05) is 6.07 Å². The van der Waals surface area contributed by atoms with Crippen LogP contribution < -0.4 is 5.32 Å². The summed E-state index contributed by atoms with van der Waals surface area (Å²) >= 11 is 0. The van der Waals surface area contributed by atoms with E-state index in [0.717, 1.165) is 25.2 Å². The van der Waals surface area contributed by atoms with Gasteiger partial charge in [-0.15, -0.1) is 0 Å². The zero-order chi connectivity index (χ0) is 11.2. The molecule has 0 atom stereocenters. The maximum absolute atomic E-state index is 12.7. The molecule has 0 radical (unpaired) electrons. The van der Waals surface area contributed by atoms with Crippen LogP contribution in [0.25, 0.3) is 0 Å². The van der Waals surface area contributed by atoms with Crippen molar-refractivity contribution in [3.8, 4) is 0 Å². The molecule has 4 nitrogen and oxygen atoms in total. The minimum Gasteiger partial charge on any atom is -0.370 e. The van der Waals surface area contributed by atoms with Crippen molar-refractivity contribution in [2.45, 2.75) is 12.8 Å². The van der Waals surface area contributed by atoms with Crippen LogP contribution >= 0.6 is 0 Å². The van der Waals surface area contributed by atoms with Crippen molar-refractivity contribution in [2.75, 3.05) is 11.9 Å². The van der Waals surface area contributed by atoms with Gasteiger partial charge < -0.3 is 10.3 Å². The molecule has 0 bridgehead atoms. The lowest BCUT2D eigenvalue weighted by atomic mass is 10.3. The predicted octanol–water partition coefficient (Wildman–Crippen LogP) is 1.99. The average molecular weight is 220 g/mol. The van der Waals surface area contributed by atoms with Gasteiger partial charge in [0.2, 0.25) is 5.95 Å². The van der Waals surface area contributed by atoms with Crippen molar-refractivity contribution >= 4 is 5.82 Å². The highest BCUT2D eigenvalue weighted by molar-refractivity contribution is 5.33. The Balaban J connectivity index is 1.72. The van der Waals surface area contributed by atoms with E-state index in [9.17, 15) is 4.39 Å². The predicted molar refractivity (Wildman–Crippen MR) is 59.6 cm³/mol. The highest BCUT2D eigenvalue weighted by Crippen LogP contribution is 2.03. The zero-order valence-corrected chi connectivity index (χ0v) is 8.78. The Morgan fingerprint density at radius 2 is 2.31 bits per heavy atom. The minimum atomic E-state index is -0.462. The van der Waals surface area contributed by atoms with Crippen LogP contribution in [0.5, 0.6) is 0 Å². The van der Waals surface area contributed by atoms with Gasteiger partial charge >= 0.3 is 0 Å². The fourth-order valence-corrected chi connectivity index (χ4v) is 1.41. The largest absolute Gasteiger partial charge is 0.370 e. The molecule has 0 aliphatic carbocycles. The number of imidazole rings is 1. The molecule has 2 rings (SSSR count). The molecule has 0 spiro atoms. The van der Waals surface area contributed by atoms with Crippen LogP contribution in [-0.4, -0.2) is 21.5 Å². The molecule has 0 fully saturated rings. The lowest BCUT2D eigenvalue weighted by molar-refractivity contribution is 0.585. The number of H-pyrrole nitrogens is 1. The molecular formula is C11H13FN4. The van der Waals surface area contributed by atoms with Gasteiger partial charge in [0, 0.05) is 25.4 Å². The minimum absolute atomic E-state index is 0.462. The summed E-state index contributed by atoms with van der Waals surface area (Å²) in [5.41, 5.74) is 0. The fourth-order valence-electron chi connectivity index (χ4n) is 1.41. The van der Waals surface area contributed by atoms with E-state index in [2.05, 4.69) is 20.3 Å². The molecule has 0 aromatic carbocycles. The van der Waals surface area contributed by atoms with Gasteiger partial charge in [0.05, 0.1) is 0 Å². The number of rotatable bonds is 5. The molecule has 0 aliphatic heterocycles. The first-order valence-corrected chi connectivity index (χ1v) is 5.19. The SMILES string of the molecule is Fc1cccc(NCCCc2ncc[nH]2)n1. The maximum Gasteiger partial charge on any atom is 0.214 e. The van der Waals surface area contributed by atoms with Crippen molar-refractivity contribution in [2.24, 2.45) is 0 Å². The number of aryl methyl sites for hydroxylation is 1. The third-order valence-electron chi connectivity index (χ3n) is 2.17. The number of aromatic nitrogens is 3. The normalized spacial score (nSPS) is 10.3. The summed E-state index contributed by atoms with van der Waals surface area (Å²) in [5, 5.41) is 3.06. The summed E-state index contributed by atoms with van der Waals surface area (Å²) in [5.74, 6) is 1.07. The summed E-state index contributed by atoms with van der Waals surface area (Å²) in [7, 11) is 0. The van der Waals surface area contributed by atoms with Gasteiger partial charge in [-0.2, -0.15) is 4.39 Å². The molecule has 0 saturated carbocycles. The molecular weight excluding hydrogens is 207 g/mol. The number of nitrogens with one attached hydrogen (secondary N) is 2. The maximum atomic E-state index is 12.7. The van der Waals surface area contributed by atoms with Crippen molar-refractivity contribution in [3.05, 3.63) is 42.4 Å². The van der Waals surface area contributed by atoms with Crippen LogP contribution in [0.3, 0.4) is 0 Å². The summed E-state index contributed by atoms with van der Waals surface area (Å²) in [6.07, 6.45) is 5.33. The van der Waals surface area contributed by atoms with Crippen LogP contribution in [0.2, 0.25) is 0 Å². The summed E-state index contributed by atoms with van der Waals surface area (Å²) in [4.78, 5) is 10.9. The number of halogens is 1.